The molecule has 86 valence electrons. The van der Waals surface area contributed by atoms with Crippen molar-refractivity contribution in [3.63, 3.8) is 0 Å². The first kappa shape index (κ1) is 12.0. The van der Waals surface area contributed by atoms with E-state index < -0.39 is 11.8 Å². The molecule has 1 saturated heterocycles. The SMILES string of the molecule is CC(C)C1CN(C)C(=O)C(=O)N1CCO. The van der Waals surface area contributed by atoms with Gasteiger partial charge in [-0.25, -0.2) is 0 Å². The fourth-order valence-electron chi connectivity index (χ4n) is 1.84. The van der Waals surface area contributed by atoms with Crippen molar-refractivity contribution >= 4 is 11.8 Å². The number of rotatable bonds is 3. The Morgan fingerprint density at radius 3 is 2.47 bits per heavy atom. The van der Waals surface area contributed by atoms with E-state index in [-0.39, 0.29) is 25.1 Å². The Morgan fingerprint density at radius 1 is 1.40 bits per heavy atom. The molecule has 0 spiro atoms. The number of piperazine rings is 1. The molecule has 2 amide bonds. The minimum absolute atomic E-state index is 0.00681. The fraction of sp³-hybridized carbons (Fsp3) is 0.800. The summed E-state index contributed by atoms with van der Waals surface area (Å²) in [4.78, 5) is 26.0. The normalized spacial score (nSPS) is 22.9. The Hall–Kier alpha value is -1.10. The standard InChI is InChI=1S/C10H18N2O3/c1-7(2)8-6-11(3)9(14)10(15)12(8)4-5-13/h7-8,13H,4-6H2,1-3H3. The molecule has 5 nitrogen and oxygen atoms in total. The molecule has 0 saturated carbocycles. The third-order valence-electron chi connectivity index (χ3n) is 2.76. The maximum atomic E-state index is 11.7. The van der Waals surface area contributed by atoms with Gasteiger partial charge in [-0.15, -0.1) is 0 Å². The second-order valence-corrected chi connectivity index (χ2v) is 4.22. The van der Waals surface area contributed by atoms with E-state index in [1.54, 1.807) is 7.05 Å². The quantitative estimate of drug-likeness (QED) is 0.632. The van der Waals surface area contributed by atoms with E-state index in [0.717, 1.165) is 0 Å². The van der Waals surface area contributed by atoms with Gasteiger partial charge in [0.2, 0.25) is 0 Å². The van der Waals surface area contributed by atoms with Gasteiger partial charge in [0.1, 0.15) is 0 Å². The monoisotopic (exact) mass is 214 g/mol. The van der Waals surface area contributed by atoms with E-state index in [9.17, 15) is 9.59 Å². The largest absolute Gasteiger partial charge is 0.395 e. The van der Waals surface area contributed by atoms with E-state index in [4.69, 9.17) is 5.11 Å². The van der Waals surface area contributed by atoms with Gasteiger partial charge in [-0.05, 0) is 5.92 Å². The van der Waals surface area contributed by atoms with Gasteiger partial charge in [-0.1, -0.05) is 13.8 Å². The molecule has 1 N–H and O–H groups in total. The van der Waals surface area contributed by atoms with Gasteiger partial charge in [-0.3, -0.25) is 9.59 Å². The Balaban J connectivity index is 2.86. The lowest BCUT2D eigenvalue weighted by molar-refractivity contribution is -0.159. The van der Waals surface area contributed by atoms with E-state index in [1.807, 2.05) is 13.8 Å². The molecule has 0 bridgehead atoms. The van der Waals surface area contributed by atoms with Crippen molar-refractivity contribution in [2.75, 3.05) is 26.7 Å². The molecule has 0 aromatic heterocycles. The number of nitrogens with zero attached hydrogens (tertiary/aromatic N) is 2. The minimum atomic E-state index is -0.503. The zero-order valence-electron chi connectivity index (χ0n) is 9.43. The molecule has 1 aliphatic heterocycles. The summed E-state index contributed by atoms with van der Waals surface area (Å²) in [5, 5.41) is 8.87. The van der Waals surface area contributed by atoms with Crippen LogP contribution < -0.4 is 0 Å². The number of likely N-dealkylation sites (N-methyl/N-ethyl adjacent to an activating group) is 1. The Bertz CT molecular complexity index is 265. The summed E-state index contributed by atoms with van der Waals surface area (Å²) in [7, 11) is 1.63. The molecular formula is C10H18N2O3. The number of aliphatic hydroxyl groups excluding tert-OH is 1. The molecule has 1 heterocycles. The van der Waals surface area contributed by atoms with E-state index >= 15 is 0 Å². The summed E-state index contributed by atoms with van der Waals surface area (Å²) in [6.45, 7) is 4.69. The van der Waals surface area contributed by atoms with Crippen LogP contribution in [0.2, 0.25) is 0 Å². The number of β-amino-alcohol motifs (C(OH)–C–C–N with tert-alkyl or cyclic N) is 1. The van der Waals surface area contributed by atoms with Crippen LogP contribution in [-0.4, -0.2) is 59.5 Å². The summed E-state index contributed by atoms with van der Waals surface area (Å²) in [5.74, 6) is -0.715. The van der Waals surface area contributed by atoms with Crippen LogP contribution in [0.3, 0.4) is 0 Å². The highest BCUT2D eigenvalue weighted by molar-refractivity contribution is 6.35. The van der Waals surface area contributed by atoms with Gasteiger partial charge >= 0.3 is 11.8 Å². The highest BCUT2D eigenvalue weighted by Gasteiger charge is 2.38. The topological polar surface area (TPSA) is 60.9 Å². The van der Waals surface area contributed by atoms with Crippen LogP contribution in [0.15, 0.2) is 0 Å². The van der Waals surface area contributed by atoms with E-state index in [2.05, 4.69) is 0 Å². The van der Waals surface area contributed by atoms with Gasteiger partial charge in [-0.2, -0.15) is 0 Å². The predicted molar refractivity (Wildman–Crippen MR) is 55.1 cm³/mol. The smallest absolute Gasteiger partial charge is 0.312 e. The molecule has 5 heteroatoms. The lowest BCUT2D eigenvalue weighted by atomic mass is 9.99. The molecule has 0 radical (unpaired) electrons. The van der Waals surface area contributed by atoms with Gasteiger partial charge in [0.25, 0.3) is 0 Å². The van der Waals surface area contributed by atoms with Crippen molar-refractivity contribution in [1.29, 1.82) is 0 Å². The Morgan fingerprint density at radius 2 is 2.00 bits per heavy atom. The number of hydrogen-bond donors (Lipinski definition) is 1. The van der Waals surface area contributed by atoms with Gasteiger partial charge in [0.15, 0.2) is 0 Å². The second-order valence-electron chi connectivity index (χ2n) is 4.22. The first-order chi connectivity index (χ1) is 6.99. The van der Waals surface area contributed by atoms with Gasteiger partial charge in [0, 0.05) is 20.1 Å². The molecule has 15 heavy (non-hydrogen) atoms. The number of carbonyl (C=O) groups excluding carboxylic acids is 2. The first-order valence-corrected chi connectivity index (χ1v) is 5.16. The third kappa shape index (κ3) is 2.28. The summed E-state index contributed by atoms with van der Waals surface area (Å²) < 4.78 is 0. The van der Waals surface area contributed by atoms with E-state index in [0.29, 0.717) is 6.54 Å². The average molecular weight is 214 g/mol. The molecule has 0 aliphatic carbocycles. The van der Waals surface area contributed by atoms with Crippen LogP contribution in [-0.2, 0) is 9.59 Å². The number of amides is 2. The predicted octanol–water partition coefficient (Wildman–Crippen LogP) is -0.696. The Kier molecular flexibility index (Phi) is 3.68. The average Bonchev–Trinajstić information content (AvgIpc) is 2.18. The zero-order valence-corrected chi connectivity index (χ0v) is 9.43. The summed E-state index contributed by atoms with van der Waals surface area (Å²) in [6.07, 6.45) is 0. The van der Waals surface area contributed by atoms with Crippen LogP contribution >= 0.6 is 0 Å². The molecule has 1 atom stereocenters. The lowest BCUT2D eigenvalue weighted by Gasteiger charge is -2.40. The molecular weight excluding hydrogens is 196 g/mol. The minimum Gasteiger partial charge on any atom is -0.395 e. The molecule has 1 aliphatic rings. The number of aliphatic hydroxyl groups is 1. The van der Waals surface area contributed by atoms with E-state index in [1.165, 1.54) is 9.80 Å². The Labute approximate surface area is 89.7 Å². The molecule has 1 rings (SSSR count). The highest BCUT2D eigenvalue weighted by Crippen LogP contribution is 2.17. The van der Waals surface area contributed by atoms with Gasteiger partial charge < -0.3 is 14.9 Å². The lowest BCUT2D eigenvalue weighted by Crippen LogP contribution is -2.60. The zero-order chi connectivity index (χ0) is 11.6. The van der Waals surface area contributed by atoms with Crippen molar-refractivity contribution in [2.24, 2.45) is 5.92 Å². The maximum Gasteiger partial charge on any atom is 0.312 e. The summed E-state index contributed by atoms with van der Waals surface area (Å²) >= 11 is 0. The van der Waals surface area contributed by atoms with Crippen molar-refractivity contribution in [1.82, 2.24) is 9.80 Å². The molecule has 1 fully saturated rings. The fourth-order valence-corrected chi connectivity index (χ4v) is 1.84. The molecule has 0 aromatic rings. The maximum absolute atomic E-state index is 11.7. The number of carbonyl (C=O) groups is 2. The third-order valence-corrected chi connectivity index (χ3v) is 2.76. The van der Waals surface area contributed by atoms with Crippen LogP contribution in [0.4, 0.5) is 0 Å². The van der Waals surface area contributed by atoms with Crippen LogP contribution in [0.1, 0.15) is 13.8 Å². The molecule has 0 aromatic carbocycles. The van der Waals surface area contributed by atoms with Crippen molar-refractivity contribution in [2.45, 2.75) is 19.9 Å². The van der Waals surface area contributed by atoms with Crippen LogP contribution in [0.5, 0.6) is 0 Å². The summed E-state index contributed by atoms with van der Waals surface area (Å²) in [6, 6.07) is 0.00681. The summed E-state index contributed by atoms with van der Waals surface area (Å²) in [5.41, 5.74) is 0. The van der Waals surface area contributed by atoms with Gasteiger partial charge in [0.05, 0.1) is 12.6 Å². The van der Waals surface area contributed by atoms with Crippen molar-refractivity contribution in [3.8, 4) is 0 Å². The van der Waals surface area contributed by atoms with Crippen LogP contribution in [0.25, 0.3) is 0 Å². The van der Waals surface area contributed by atoms with Crippen LogP contribution in [0, 0.1) is 5.92 Å². The van der Waals surface area contributed by atoms with Crippen molar-refractivity contribution < 1.29 is 14.7 Å². The first-order valence-electron chi connectivity index (χ1n) is 5.16. The number of hydrogen-bond acceptors (Lipinski definition) is 3. The second kappa shape index (κ2) is 4.61. The van der Waals surface area contributed by atoms with Crippen molar-refractivity contribution in [3.05, 3.63) is 0 Å². The molecule has 1 unspecified atom stereocenters. The highest BCUT2D eigenvalue weighted by atomic mass is 16.3.